The number of carbonyl (C=O) groups excluding carboxylic acids is 1. The Bertz CT molecular complexity index is 577. The van der Waals surface area contributed by atoms with E-state index in [-0.39, 0.29) is 23.6 Å². The topological polar surface area (TPSA) is 110 Å². The minimum absolute atomic E-state index is 0.0705. The van der Waals surface area contributed by atoms with Crippen LogP contribution in [0.25, 0.3) is 0 Å². The zero-order valence-corrected chi connectivity index (χ0v) is 13.7. The summed E-state index contributed by atoms with van der Waals surface area (Å²) in [5.74, 6) is -1.14. The largest absolute Gasteiger partial charge is 0.481 e. The van der Waals surface area contributed by atoms with Crippen molar-refractivity contribution in [2.75, 3.05) is 12.8 Å². The summed E-state index contributed by atoms with van der Waals surface area (Å²) in [5, 5.41) is 22.2. The number of hydrogen-bond donors (Lipinski definition) is 2. The highest BCUT2D eigenvalue weighted by Crippen LogP contribution is 2.28. The van der Waals surface area contributed by atoms with E-state index in [0.717, 1.165) is 19.3 Å². The summed E-state index contributed by atoms with van der Waals surface area (Å²) in [6.45, 7) is 0.462. The molecule has 0 aliphatic heterocycles. The van der Waals surface area contributed by atoms with Gasteiger partial charge in [0.05, 0.1) is 9.82 Å². The number of nitro groups is 1. The molecule has 0 aliphatic rings. The Kier molecular flexibility index (Phi) is 8.10. The molecule has 0 saturated carbocycles. The lowest BCUT2D eigenvalue weighted by atomic mass is 10.1. The zero-order chi connectivity index (χ0) is 17.2. The minimum Gasteiger partial charge on any atom is -0.481 e. The van der Waals surface area contributed by atoms with Crippen molar-refractivity contribution in [2.45, 2.75) is 37.0 Å². The number of benzene rings is 1. The summed E-state index contributed by atoms with van der Waals surface area (Å²) in [5.41, 5.74) is 0.194. The monoisotopic (exact) mass is 340 g/mol. The molecule has 7 nitrogen and oxygen atoms in total. The Morgan fingerprint density at radius 1 is 1.26 bits per heavy atom. The maximum atomic E-state index is 12.0. The fourth-order valence-electron chi connectivity index (χ4n) is 2.03. The first-order valence-corrected chi connectivity index (χ1v) is 8.50. The third-order valence-corrected chi connectivity index (χ3v) is 4.03. The lowest BCUT2D eigenvalue weighted by Crippen LogP contribution is -2.24. The second kappa shape index (κ2) is 9.83. The average Bonchev–Trinajstić information content (AvgIpc) is 2.52. The molecule has 2 N–H and O–H groups in total. The first-order valence-electron chi connectivity index (χ1n) is 7.28. The summed E-state index contributed by atoms with van der Waals surface area (Å²) in [7, 11) is 0. The predicted octanol–water partition coefficient (Wildman–Crippen LogP) is 3.08. The van der Waals surface area contributed by atoms with Gasteiger partial charge in [0.2, 0.25) is 0 Å². The number of rotatable bonds is 10. The number of unbranched alkanes of at least 4 members (excludes halogenated alkanes) is 3. The molecule has 0 bridgehead atoms. The third-order valence-electron chi connectivity index (χ3n) is 3.24. The number of carbonyl (C=O) groups is 2. The lowest BCUT2D eigenvalue weighted by molar-refractivity contribution is -0.387. The summed E-state index contributed by atoms with van der Waals surface area (Å²) in [6.07, 6.45) is 4.92. The van der Waals surface area contributed by atoms with Crippen molar-refractivity contribution >= 4 is 29.3 Å². The van der Waals surface area contributed by atoms with Gasteiger partial charge in [-0.1, -0.05) is 12.8 Å². The Morgan fingerprint density at radius 3 is 2.57 bits per heavy atom. The van der Waals surface area contributed by atoms with Gasteiger partial charge in [0.15, 0.2) is 0 Å². The fourth-order valence-corrected chi connectivity index (χ4v) is 2.58. The number of carboxylic acids is 1. The summed E-state index contributed by atoms with van der Waals surface area (Å²) < 4.78 is 0. The molecule has 0 fully saturated rings. The predicted molar refractivity (Wildman–Crippen MR) is 87.9 cm³/mol. The molecule has 1 aromatic carbocycles. The number of amides is 1. The second-order valence-electron chi connectivity index (χ2n) is 4.96. The molecule has 126 valence electrons. The number of aliphatic carboxylic acids is 1. The van der Waals surface area contributed by atoms with Gasteiger partial charge in [0, 0.05) is 24.6 Å². The van der Waals surface area contributed by atoms with E-state index in [2.05, 4.69) is 5.32 Å². The van der Waals surface area contributed by atoms with Crippen molar-refractivity contribution in [1.82, 2.24) is 5.32 Å². The van der Waals surface area contributed by atoms with Crippen LogP contribution in [0.1, 0.15) is 42.5 Å². The molecule has 0 radical (unpaired) electrons. The van der Waals surface area contributed by atoms with Crippen LogP contribution in [0.5, 0.6) is 0 Å². The van der Waals surface area contributed by atoms with E-state index in [9.17, 15) is 19.7 Å². The van der Waals surface area contributed by atoms with Gasteiger partial charge in [0.1, 0.15) is 0 Å². The highest BCUT2D eigenvalue weighted by molar-refractivity contribution is 7.98. The molecule has 1 rings (SSSR count). The number of hydrogen-bond acceptors (Lipinski definition) is 5. The summed E-state index contributed by atoms with van der Waals surface area (Å²) in [6, 6.07) is 4.43. The number of nitro benzene ring substituents is 1. The van der Waals surface area contributed by atoms with Crippen LogP contribution in [0.3, 0.4) is 0 Å². The van der Waals surface area contributed by atoms with E-state index in [0.29, 0.717) is 17.9 Å². The summed E-state index contributed by atoms with van der Waals surface area (Å²) in [4.78, 5) is 33.3. The number of carboxylic acid groups (broad SMARTS) is 1. The molecule has 0 heterocycles. The van der Waals surface area contributed by atoms with Gasteiger partial charge in [-0.05, 0) is 31.2 Å². The van der Waals surface area contributed by atoms with Crippen molar-refractivity contribution < 1.29 is 19.6 Å². The number of nitrogens with one attached hydrogen (secondary N) is 1. The molecule has 0 unspecified atom stereocenters. The van der Waals surface area contributed by atoms with E-state index in [1.165, 1.54) is 17.8 Å². The van der Waals surface area contributed by atoms with Crippen LogP contribution < -0.4 is 5.32 Å². The minimum atomic E-state index is -0.798. The second-order valence-corrected chi connectivity index (χ2v) is 5.81. The van der Waals surface area contributed by atoms with E-state index >= 15 is 0 Å². The van der Waals surface area contributed by atoms with Crippen LogP contribution in [-0.4, -0.2) is 34.7 Å². The van der Waals surface area contributed by atoms with Crippen LogP contribution in [-0.2, 0) is 4.79 Å². The van der Waals surface area contributed by atoms with Crippen molar-refractivity contribution in [3.05, 3.63) is 33.9 Å². The molecule has 0 spiro atoms. The molecule has 0 aromatic heterocycles. The molecule has 1 amide bonds. The standard InChI is InChI=1S/C15H20N2O5S/c1-23-13-8-7-11(10-12(13)17(21)22)15(20)16-9-5-3-2-4-6-14(18)19/h7-8,10H,2-6,9H2,1H3,(H,16,20)(H,18,19). The Labute approximate surface area is 138 Å². The van der Waals surface area contributed by atoms with E-state index < -0.39 is 10.9 Å². The van der Waals surface area contributed by atoms with Crippen LogP contribution in [0.4, 0.5) is 5.69 Å². The van der Waals surface area contributed by atoms with E-state index in [1.807, 2.05) is 0 Å². The van der Waals surface area contributed by atoms with Crippen molar-refractivity contribution in [2.24, 2.45) is 0 Å². The fraction of sp³-hybridized carbons (Fsp3) is 0.467. The highest BCUT2D eigenvalue weighted by Gasteiger charge is 2.16. The van der Waals surface area contributed by atoms with Crippen LogP contribution in [0.2, 0.25) is 0 Å². The van der Waals surface area contributed by atoms with E-state index in [1.54, 1.807) is 18.4 Å². The molecule has 0 atom stereocenters. The SMILES string of the molecule is CSc1ccc(C(=O)NCCCCCCC(=O)O)cc1[N+](=O)[O-]. The zero-order valence-electron chi connectivity index (χ0n) is 12.9. The van der Waals surface area contributed by atoms with Crippen LogP contribution in [0.15, 0.2) is 23.1 Å². The molecule has 0 saturated heterocycles. The van der Waals surface area contributed by atoms with E-state index in [4.69, 9.17) is 5.11 Å². The van der Waals surface area contributed by atoms with Gasteiger partial charge in [-0.3, -0.25) is 19.7 Å². The smallest absolute Gasteiger partial charge is 0.303 e. The molecule has 8 heteroatoms. The third kappa shape index (κ3) is 6.68. The normalized spacial score (nSPS) is 10.3. The number of thioether (sulfide) groups is 1. The molecule has 23 heavy (non-hydrogen) atoms. The summed E-state index contributed by atoms with van der Waals surface area (Å²) >= 11 is 1.26. The van der Waals surface area contributed by atoms with Crippen molar-refractivity contribution in [3.63, 3.8) is 0 Å². The molecular weight excluding hydrogens is 320 g/mol. The van der Waals surface area contributed by atoms with Gasteiger partial charge in [-0.15, -0.1) is 11.8 Å². The average molecular weight is 340 g/mol. The van der Waals surface area contributed by atoms with Gasteiger partial charge in [-0.25, -0.2) is 0 Å². The Morgan fingerprint density at radius 2 is 1.96 bits per heavy atom. The van der Waals surface area contributed by atoms with Gasteiger partial charge >= 0.3 is 5.97 Å². The quantitative estimate of drug-likeness (QED) is 0.293. The van der Waals surface area contributed by atoms with Gasteiger partial charge < -0.3 is 10.4 Å². The van der Waals surface area contributed by atoms with Gasteiger partial charge in [-0.2, -0.15) is 0 Å². The first kappa shape index (κ1) is 19.0. The lowest BCUT2D eigenvalue weighted by Gasteiger charge is -2.06. The molecular formula is C15H20N2O5S. The van der Waals surface area contributed by atoms with Crippen LogP contribution in [0, 0.1) is 10.1 Å². The van der Waals surface area contributed by atoms with Crippen LogP contribution >= 0.6 is 11.8 Å². The van der Waals surface area contributed by atoms with Crippen molar-refractivity contribution in [1.29, 1.82) is 0 Å². The van der Waals surface area contributed by atoms with Crippen molar-refractivity contribution in [3.8, 4) is 0 Å². The first-order chi connectivity index (χ1) is 11.0. The Hall–Kier alpha value is -2.09. The highest BCUT2D eigenvalue weighted by atomic mass is 32.2. The van der Waals surface area contributed by atoms with Gasteiger partial charge in [0.25, 0.3) is 11.6 Å². The Balaban J connectivity index is 2.42. The maximum Gasteiger partial charge on any atom is 0.303 e. The molecule has 0 aliphatic carbocycles. The number of nitrogens with zero attached hydrogens (tertiary/aromatic N) is 1. The molecule has 1 aromatic rings. The maximum absolute atomic E-state index is 12.0.